The van der Waals surface area contributed by atoms with Gasteiger partial charge in [0.25, 0.3) is 0 Å². The highest BCUT2D eigenvalue weighted by Gasteiger charge is 2.30. The van der Waals surface area contributed by atoms with Gasteiger partial charge in [-0.3, -0.25) is 37.3 Å². The van der Waals surface area contributed by atoms with Crippen LogP contribution in [-0.4, -0.2) is 96.7 Å². The molecule has 5 atom stereocenters. The van der Waals surface area contributed by atoms with E-state index in [0.717, 1.165) is 161 Å². The molecule has 0 aliphatic rings. The molecule has 0 fully saturated rings. The number of phosphoric acid groups is 2. The van der Waals surface area contributed by atoms with Gasteiger partial charge < -0.3 is 33.8 Å². The first-order chi connectivity index (χ1) is 47.7. The number of phosphoric ester groups is 2. The van der Waals surface area contributed by atoms with Crippen LogP contribution in [0.2, 0.25) is 0 Å². The molecule has 98 heavy (non-hydrogen) atoms. The van der Waals surface area contributed by atoms with Crippen molar-refractivity contribution in [1.29, 1.82) is 0 Å². The fourth-order valence-electron chi connectivity index (χ4n) is 10.3. The number of carbonyl (C=O) groups is 4. The summed E-state index contributed by atoms with van der Waals surface area (Å²) >= 11 is 0. The highest BCUT2D eigenvalue weighted by molar-refractivity contribution is 7.47. The molecule has 0 heterocycles. The zero-order valence-corrected chi connectivity index (χ0v) is 63.7. The summed E-state index contributed by atoms with van der Waals surface area (Å²) in [6.07, 6.45) is 72.7. The SMILES string of the molecule is CCCCC/C=C\C/C=C\CCCCCCCC(=O)O[C@H](COC(=O)CCCCCCC/C=C\C=C/CCCCCC)COP(=O)(O)OC[C@H](O)COP(=O)(O)OC[C@@H](COC(=O)CCCCCCC/C=C\CCCCCC)OC(=O)CCCCCCC/C=C\C=C/CCCCCC. The maximum Gasteiger partial charge on any atom is 0.472 e. The van der Waals surface area contributed by atoms with Crippen LogP contribution < -0.4 is 0 Å². The number of ether oxygens (including phenoxy) is 4. The van der Waals surface area contributed by atoms with Crippen LogP contribution in [0.3, 0.4) is 0 Å². The van der Waals surface area contributed by atoms with E-state index in [1.165, 1.54) is 96.3 Å². The Bertz CT molecular complexity index is 2190. The first-order valence-electron chi connectivity index (χ1n) is 38.9. The predicted molar refractivity (Wildman–Crippen MR) is 399 cm³/mol. The van der Waals surface area contributed by atoms with E-state index in [1.54, 1.807) is 0 Å². The molecule has 0 rings (SSSR count). The van der Waals surface area contributed by atoms with Crippen LogP contribution >= 0.6 is 15.6 Å². The van der Waals surface area contributed by atoms with Gasteiger partial charge in [0, 0.05) is 25.7 Å². The topological polar surface area (TPSA) is 237 Å². The van der Waals surface area contributed by atoms with E-state index in [9.17, 15) is 43.2 Å². The second-order valence-electron chi connectivity index (χ2n) is 26.0. The third-order valence-corrected chi connectivity index (χ3v) is 18.3. The zero-order valence-electron chi connectivity index (χ0n) is 62.0. The molecule has 19 heteroatoms. The maximum absolute atomic E-state index is 13.1. The Morgan fingerprint density at radius 2 is 0.531 bits per heavy atom. The number of carbonyl (C=O) groups excluding carboxylic acids is 4. The summed E-state index contributed by atoms with van der Waals surface area (Å²) in [7, 11) is -9.96. The third kappa shape index (κ3) is 70.7. The minimum absolute atomic E-state index is 0.0762. The lowest BCUT2D eigenvalue weighted by molar-refractivity contribution is -0.161. The summed E-state index contributed by atoms with van der Waals surface area (Å²) in [6.45, 7) is 4.76. The van der Waals surface area contributed by atoms with Crippen LogP contribution in [-0.2, 0) is 65.4 Å². The molecule has 568 valence electrons. The van der Waals surface area contributed by atoms with Gasteiger partial charge in [-0.05, 0) is 135 Å². The molecule has 2 unspecified atom stereocenters. The second kappa shape index (κ2) is 71.6. The standard InChI is InChI=1S/C79H140O17P2/c1-5-9-13-17-21-25-29-33-36-40-44-48-52-56-60-64-77(82)90-70-75(96-79(84)66-62-58-54-50-46-42-38-35-31-27-23-19-15-11-7-3)72-94-98(87,88)92-68-73(80)67-91-97(85,86)93-71-74(69-89-76(81)63-59-55-51-47-43-39-32-28-24-20-16-12-8-4)95-78(83)65-61-57-53-49-45-41-37-34-30-26-22-18-14-10-6-2/h23,25-30,32-38,73-75,80H,5-22,24,31,39-72H2,1-4H3,(H,85,86)(H,87,88)/b27-23-,29-25-,30-26-,32-28-,36-33-,37-34-,38-35-/t73-,74-,75-/m1/s1. The van der Waals surface area contributed by atoms with Crippen LogP contribution in [0.5, 0.6) is 0 Å². The van der Waals surface area contributed by atoms with Crippen LogP contribution in [0, 0.1) is 0 Å². The lowest BCUT2D eigenvalue weighted by Crippen LogP contribution is -2.30. The molecular formula is C79H140O17P2. The molecule has 0 saturated heterocycles. The van der Waals surface area contributed by atoms with Gasteiger partial charge in [-0.2, -0.15) is 0 Å². The Labute approximate surface area is 595 Å². The number of hydrogen-bond donors (Lipinski definition) is 3. The van der Waals surface area contributed by atoms with Gasteiger partial charge in [0.15, 0.2) is 12.2 Å². The molecule has 0 amide bonds. The van der Waals surface area contributed by atoms with Gasteiger partial charge in [-0.1, -0.05) is 260 Å². The van der Waals surface area contributed by atoms with Gasteiger partial charge >= 0.3 is 39.5 Å². The number of unbranched alkanes of at least 4 members (excludes halogenated alkanes) is 35. The molecule has 0 radical (unpaired) electrons. The van der Waals surface area contributed by atoms with Crippen molar-refractivity contribution in [3.8, 4) is 0 Å². The van der Waals surface area contributed by atoms with Crippen LogP contribution in [0.15, 0.2) is 85.1 Å². The summed E-state index contributed by atoms with van der Waals surface area (Å²) < 4.78 is 68.5. The fourth-order valence-corrected chi connectivity index (χ4v) is 11.9. The van der Waals surface area contributed by atoms with Crippen molar-refractivity contribution in [2.45, 2.75) is 354 Å². The molecule has 17 nitrogen and oxygen atoms in total. The molecule has 0 saturated carbocycles. The van der Waals surface area contributed by atoms with E-state index in [2.05, 4.69) is 113 Å². The van der Waals surface area contributed by atoms with E-state index >= 15 is 0 Å². The second-order valence-corrected chi connectivity index (χ2v) is 28.9. The average Bonchev–Trinajstić information content (AvgIpc) is 1.04. The number of esters is 4. The number of aliphatic hydroxyl groups is 1. The van der Waals surface area contributed by atoms with Gasteiger partial charge in [0.1, 0.15) is 19.3 Å². The Hall–Kier alpha value is -3.76. The zero-order chi connectivity index (χ0) is 71.8. The summed E-state index contributed by atoms with van der Waals surface area (Å²) in [4.78, 5) is 72.9. The summed E-state index contributed by atoms with van der Waals surface area (Å²) in [5.41, 5.74) is 0. The molecular weight excluding hydrogens is 1280 g/mol. The molecule has 0 aliphatic heterocycles. The Kier molecular flexibility index (Phi) is 68.9. The van der Waals surface area contributed by atoms with Crippen molar-refractivity contribution in [2.75, 3.05) is 39.6 Å². The molecule has 0 aromatic heterocycles. The summed E-state index contributed by atoms with van der Waals surface area (Å²) in [5.74, 6) is -2.22. The van der Waals surface area contributed by atoms with Gasteiger partial charge in [-0.25, -0.2) is 9.13 Å². The van der Waals surface area contributed by atoms with E-state index in [0.29, 0.717) is 25.7 Å². The molecule has 0 aliphatic carbocycles. The van der Waals surface area contributed by atoms with E-state index in [4.69, 9.17) is 37.0 Å². The smallest absolute Gasteiger partial charge is 0.462 e. The summed E-state index contributed by atoms with van der Waals surface area (Å²) in [6, 6.07) is 0. The molecule has 0 bridgehead atoms. The van der Waals surface area contributed by atoms with Gasteiger partial charge in [-0.15, -0.1) is 0 Å². The molecule has 0 spiro atoms. The third-order valence-electron chi connectivity index (χ3n) is 16.4. The molecule has 0 aromatic rings. The number of rotatable bonds is 73. The number of allylic oxidation sites excluding steroid dienone is 14. The van der Waals surface area contributed by atoms with Crippen molar-refractivity contribution in [3.63, 3.8) is 0 Å². The largest absolute Gasteiger partial charge is 0.472 e. The minimum Gasteiger partial charge on any atom is -0.462 e. The van der Waals surface area contributed by atoms with Crippen LogP contribution in [0.25, 0.3) is 0 Å². The van der Waals surface area contributed by atoms with E-state index < -0.39 is 97.5 Å². The Morgan fingerprint density at radius 1 is 0.296 bits per heavy atom. The minimum atomic E-state index is -4.98. The van der Waals surface area contributed by atoms with Crippen LogP contribution in [0.1, 0.15) is 336 Å². The Morgan fingerprint density at radius 3 is 0.847 bits per heavy atom. The monoisotopic (exact) mass is 1420 g/mol. The molecule has 0 aromatic carbocycles. The lowest BCUT2D eigenvalue weighted by Gasteiger charge is -2.21. The van der Waals surface area contributed by atoms with Gasteiger partial charge in [0.05, 0.1) is 26.4 Å². The van der Waals surface area contributed by atoms with E-state index in [1.807, 2.05) is 0 Å². The average molecular weight is 1420 g/mol. The quantitative estimate of drug-likeness (QED) is 0.0128. The number of aliphatic hydroxyl groups excluding tert-OH is 1. The number of hydrogen-bond acceptors (Lipinski definition) is 15. The van der Waals surface area contributed by atoms with Crippen molar-refractivity contribution in [3.05, 3.63) is 85.1 Å². The van der Waals surface area contributed by atoms with Crippen molar-refractivity contribution < 1.29 is 80.2 Å². The predicted octanol–water partition coefficient (Wildman–Crippen LogP) is 22.2. The van der Waals surface area contributed by atoms with E-state index in [-0.39, 0.29) is 25.7 Å². The van der Waals surface area contributed by atoms with Crippen molar-refractivity contribution >= 4 is 39.5 Å². The first kappa shape index (κ1) is 94.2. The maximum atomic E-state index is 13.1. The first-order valence-corrected chi connectivity index (χ1v) is 41.9. The van der Waals surface area contributed by atoms with Crippen LogP contribution in [0.4, 0.5) is 0 Å². The normalized spacial score (nSPS) is 14.4. The van der Waals surface area contributed by atoms with Gasteiger partial charge in [0.2, 0.25) is 0 Å². The highest BCUT2D eigenvalue weighted by atomic mass is 31.2. The molecule has 3 N–H and O–H groups in total. The van der Waals surface area contributed by atoms with Crippen molar-refractivity contribution in [2.24, 2.45) is 0 Å². The lowest BCUT2D eigenvalue weighted by atomic mass is 10.1. The fraction of sp³-hybridized carbons (Fsp3) is 0.772. The highest BCUT2D eigenvalue weighted by Crippen LogP contribution is 2.45. The summed E-state index contributed by atoms with van der Waals surface area (Å²) in [5, 5.41) is 10.6. The Balaban J connectivity index is 5.38. The van der Waals surface area contributed by atoms with Crippen molar-refractivity contribution in [1.82, 2.24) is 0 Å².